The van der Waals surface area contributed by atoms with Crippen LogP contribution in [0.1, 0.15) is 24.0 Å². The molecule has 0 amide bonds. The van der Waals surface area contributed by atoms with Crippen molar-refractivity contribution in [2.75, 3.05) is 13.2 Å². The molecule has 1 aromatic heterocycles. The third-order valence-corrected chi connectivity index (χ3v) is 2.66. The maximum atomic E-state index is 5.54. The van der Waals surface area contributed by atoms with Crippen molar-refractivity contribution in [3.05, 3.63) is 29.6 Å². The first-order valence-electron chi connectivity index (χ1n) is 5.57. The second-order valence-electron chi connectivity index (χ2n) is 4.14. The van der Waals surface area contributed by atoms with Gasteiger partial charge in [-0.05, 0) is 30.9 Å². The Hall–Kier alpha value is -0.930. The van der Waals surface area contributed by atoms with Gasteiger partial charge in [0.2, 0.25) is 0 Å². The van der Waals surface area contributed by atoms with E-state index in [1.807, 2.05) is 12.4 Å². The van der Waals surface area contributed by atoms with Crippen LogP contribution in [0.3, 0.4) is 0 Å². The van der Waals surface area contributed by atoms with Gasteiger partial charge in [-0.1, -0.05) is 6.07 Å². The number of aromatic nitrogens is 1. The Morgan fingerprint density at radius 2 is 2.47 bits per heavy atom. The average Bonchev–Trinajstić information content (AvgIpc) is 2.71. The predicted molar refractivity (Wildman–Crippen MR) is 59.7 cm³/mol. The lowest BCUT2D eigenvalue weighted by atomic mass is 10.2. The average molecular weight is 206 g/mol. The molecule has 1 aromatic rings. The molecule has 0 saturated carbocycles. The van der Waals surface area contributed by atoms with E-state index in [2.05, 4.69) is 23.3 Å². The largest absolute Gasteiger partial charge is 0.377 e. The van der Waals surface area contributed by atoms with Gasteiger partial charge in [-0.25, -0.2) is 0 Å². The van der Waals surface area contributed by atoms with E-state index in [0.717, 1.165) is 19.7 Å². The van der Waals surface area contributed by atoms with Crippen molar-refractivity contribution in [1.82, 2.24) is 10.3 Å². The fraction of sp³-hybridized carbons (Fsp3) is 0.583. The summed E-state index contributed by atoms with van der Waals surface area (Å²) in [4.78, 5) is 4.16. The van der Waals surface area contributed by atoms with Crippen molar-refractivity contribution >= 4 is 0 Å². The van der Waals surface area contributed by atoms with Gasteiger partial charge in [-0.15, -0.1) is 0 Å². The number of rotatable bonds is 4. The molecule has 82 valence electrons. The fourth-order valence-electron chi connectivity index (χ4n) is 1.90. The minimum atomic E-state index is 0.419. The number of nitrogens with one attached hydrogen (secondary N) is 1. The highest BCUT2D eigenvalue weighted by atomic mass is 16.5. The van der Waals surface area contributed by atoms with Crippen molar-refractivity contribution in [2.45, 2.75) is 32.4 Å². The lowest BCUT2D eigenvalue weighted by Gasteiger charge is -2.10. The van der Waals surface area contributed by atoms with Crippen molar-refractivity contribution in [3.8, 4) is 0 Å². The molecule has 1 saturated heterocycles. The minimum Gasteiger partial charge on any atom is -0.377 e. The Kier molecular flexibility index (Phi) is 3.69. The van der Waals surface area contributed by atoms with Gasteiger partial charge in [0.15, 0.2) is 0 Å². The zero-order valence-electron chi connectivity index (χ0n) is 9.20. The molecule has 1 aliphatic heterocycles. The summed E-state index contributed by atoms with van der Waals surface area (Å²) < 4.78 is 5.54. The number of hydrogen-bond acceptors (Lipinski definition) is 3. The van der Waals surface area contributed by atoms with E-state index in [0.29, 0.717) is 6.10 Å². The molecule has 1 aliphatic rings. The second-order valence-corrected chi connectivity index (χ2v) is 4.14. The normalized spacial score (nSPS) is 20.7. The molecule has 1 atom stereocenters. The summed E-state index contributed by atoms with van der Waals surface area (Å²) in [6.07, 6.45) is 6.61. The van der Waals surface area contributed by atoms with Crippen LogP contribution in [-0.4, -0.2) is 24.2 Å². The quantitative estimate of drug-likeness (QED) is 0.813. The number of nitrogens with zero attached hydrogens (tertiary/aromatic N) is 1. The summed E-state index contributed by atoms with van der Waals surface area (Å²) in [5.41, 5.74) is 2.46. The predicted octanol–water partition coefficient (Wildman–Crippen LogP) is 1.66. The van der Waals surface area contributed by atoms with Crippen LogP contribution in [-0.2, 0) is 11.3 Å². The monoisotopic (exact) mass is 206 g/mol. The minimum absolute atomic E-state index is 0.419. The Balaban J connectivity index is 1.73. The van der Waals surface area contributed by atoms with Gasteiger partial charge in [0.05, 0.1) is 6.10 Å². The SMILES string of the molecule is Cc1cncc(CNCC2CCCO2)c1. The highest BCUT2D eigenvalue weighted by Crippen LogP contribution is 2.10. The molecule has 0 bridgehead atoms. The van der Waals surface area contributed by atoms with Crippen LogP contribution in [0, 0.1) is 6.92 Å². The molecule has 1 fully saturated rings. The zero-order chi connectivity index (χ0) is 10.5. The first kappa shape index (κ1) is 10.6. The van der Waals surface area contributed by atoms with Crippen LogP contribution < -0.4 is 5.32 Å². The Bertz CT molecular complexity index is 308. The molecule has 0 aliphatic carbocycles. The van der Waals surface area contributed by atoms with E-state index in [1.54, 1.807) is 0 Å². The van der Waals surface area contributed by atoms with Crippen molar-refractivity contribution in [1.29, 1.82) is 0 Å². The first-order valence-corrected chi connectivity index (χ1v) is 5.57. The second kappa shape index (κ2) is 5.24. The topological polar surface area (TPSA) is 34.2 Å². The molecular weight excluding hydrogens is 188 g/mol. The molecule has 2 heterocycles. The summed E-state index contributed by atoms with van der Waals surface area (Å²) in [6.45, 7) is 4.83. The highest BCUT2D eigenvalue weighted by Gasteiger charge is 2.14. The molecule has 1 N–H and O–H groups in total. The molecular formula is C12H18N2O. The molecule has 0 aromatic carbocycles. The van der Waals surface area contributed by atoms with E-state index < -0.39 is 0 Å². The van der Waals surface area contributed by atoms with E-state index in [-0.39, 0.29) is 0 Å². The molecule has 1 unspecified atom stereocenters. The number of ether oxygens (including phenoxy) is 1. The molecule has 15 heavy (non-hydrogen) atoms. The van der Waals surface area contributed by atoms with Crippen LogP contribution in [0.5, 0.6) is 0 Å². The van der Waals surface area contributed by atoms with Gasteiger partial charge in [-0.2, -0.15) is 0 Å². The molecule has 2 rings (SSSR count). The van der Waals surface area contributed by atoms with Gasteiger partial charge in [-0.3, -0.25) is 4.98 Å². The first-order chi connectivity index (χ1) is 7.34. The van der Waals surface area contributed by atoms with Crippen molar-refractivity contribution < 1.29 is 4.74 Å². The fourth-order valence-corrected chi connectivity index (χ4v) is 1.90. The highest BCUT2D eigenvalue weighted by molar-refractivity contribution is 5.16. The summed E-state index contributed by atoms with van der Waals surface area (Å²) >= 11 is 0. The number of aryl methyl sites for hydroxylation is 1. The zero-order valence-corrected chi connectivity index (χ0v) is 9.20. The van der Waals surface area contributed by atoms with Gasteiger partial charge >= 0.3 is 0 Å². The molecule has 3 nitrogen and oxygen atoms in total. The van der Waals surface area contributed by atoms with Gasteiger partial charge in [0, 0.05) is 32.1 Å². The maximum Gasteiger partial charge on any atom is 0.0700 e. The third-order valence-electron chi connectivity index (χ3n) is 2.66. The molecule has 0 spiro atoms. The van der Waals surface area contributed by atoms with Crippen LogP contribution >= 0.6 is 0 Å². The standard InChI is InChI=1S/C12H18N2O/c1-10-5-11(7-13-6-10)8-14-9-12-3-2-4-15-12/h5-7,12,14H,2-4,8-9H2,1H3. The lowest BCUT2D eigenvalue weighted by Crippen LogP contribution is -2.25. The Labute approximate surface area is 90.9 Å². The van der Waals surface area contributed by atoms with E-state index in [1.165, 1.54) is 24.0 Å². The number of hydrogen-bond donors (Lipinski definition) is 1. The van der Waals surface area contributed by atoms with E-state index in [4.69, 9.17) is 4.74 Å². The lowest BCUT2D eigenvalue weighted by molar-refractivity contribution is 0.110. The number of pyridine rings is 1. The summed E-state index contributed by atoms with van der Waals surface area (Å²) in [6, 6.07) is 2.16. The van der Waals surface area contributed by atoms with Crippen molar-refractivity contribution in [2.24, 2.45) is 0 Å². The molecule has 3 heteroatoms. The maximum absolute atomic E-state index is 5.54. The van der Waals surface area contributed by atoms with Crippen molar-refractivity contribution in [3.63, 3.8) is 0 Å². The van der Waals surface area contributed by atoms with Gasteiger partial charge in [0.1, 0.15) is 0 Å². The smallest absolute Gasteiger partial charge is 0.0700 e. The van der Waals surface area contributed by atoms with Crippen LogP contribution in [0.25, 0.3) is 0 Å². The Morgan fingerprint density at radius 3 is 3.20 bits per heavy atom. The summed E-state index contributed by atoms with van der Waals surface area (Å²) in [5.74, 6) is 0. The van der Waals surface area contributed by atoms with E-state index in [9.17, 15) is 0 Å². The van der Waals surface area contributed by atoms with Gasteiger partial charge in [0.25, 0.3) is 0 Å². The summed E-state index contributed by atoms with van der Waals surface area (Å²) in [5, 5.41) is 3.41. The Morgan fingerprint density at radius 1 is 1.53 bits per heavy atom. The third kappa shape index (κ3) is 3.29. The summed E-state index contributed by atoms with van der Waals surface area (Å²) in [7, 11) is 0. The van der Waals surface area contributed by atoms with E-state index >= 15 is 0 Å². The molecule has 0 radical (unpaired) electrons. The van der Waals surface area contributed by atoms with Crippen LogP contribution in [0.15, 0.2) is 18.5 Å². The van der Waals surface area contributed by atoms with Crippen LogP contribution in [0.4, 0.5) is 0 Å². The van der Waals surface area contributed by atoms with Crippen LogP contribution in [0.2, 0.25) is 0 Å². The van der Waals surface area contributed by atoms with Gasteiger partial charge < -0.3 is 10.1 Å².